The van der Waals surface area contributed by atoms with Crippen LogP contribution in [0.3, 0.4) is 0 Å². The van der Waals surface area contributed by atoms with Crippen molar-refractivity contribution in [2.45, 2.75) is 20.0 Å². The maximum atomic E-state index is 5.76. The van der Waals surface area contributed by atoms with Crippen molar-refractivity contribution < 1.29 is 4.74 Å². The van der Waals surface area contributed by atoms with E-state index in [0.29, 0.717) is 0 Å². The van der Waals surface area contributed by atoms with E-state index in [-0.39, 0.29) is 0 Å². The minimum absolute atomic E-state index is 0.721. The number of nitrogens with two attached hydrogens (primary N) is 1. The molecule has 2 N–H and O–H groups in total. The Labute approximate surface area is 117 Å². The fourth-order valence-electron chi connectivity index (χ4n) is 2.00. The SMILES string of the molecule is COc1cc(N)ccc1CN(C)Cc1csc(C)n1. The Morgan fingerprint density at radius 2 is 2.16 bits per heavy atom. The van der Waals surface area contributed by atoms with Gasteiger partial charge in [-0.1, -0.05) is 6.07 Å². The van der Waals surface area contributed by atoms with Crippen molar-refractivity contribution in [2.75, 3.05) is 19.9 Å². The molecule has 0 aliphatic carbocycles. The van der Waals surface area contributed by atoms with E-state index in [0.717, 1.165) is 40.8 Å². The normalized spacial score (nSPS) is 10.9. The average Bonchev–Trinajstić information content (AvgIpc) is 2.76. The second-order valence-corrected chi connectivity index (χ2v) is 5.66. The van der Waals surface area contributed by atoms with E-state index in [2.05, 4.69) is 22.3 Å². The molecule has 0 atom stereocenters. The molecule has 0 fully saturated rings. The largest absolute Gasteiger partial charge is 0.496 e. The van der Waals surface area contributed by atoms with Crippen LogP contribution in [0.4, 0.5) is 5.69 Å². The van der Waals surface area contributed by atoms with Crippen LogP contribution in [-0.4, -0.2) is 24.0 Å². The number of thiazole rings is 1. The number of nitrogens with zero attached hydrogens (tertiary/aromatic N) is 2. The molecule has 4 nitrogen and oxygen atoms in total. The van der Waals surface area contributed by atoms with Crippen LogP contribution in [0.5, 0.6) is 5.75 Å². The maximum Gasteiger partial charge on any atom is 0.125 e. The molecule has 1 heterocycles. The Morgan fingerprint density at radius 3 is 2.79 bits per heavy atom. The first-order valence-electron chi connectivity index (χ1n) is 6.10. The molecule has 5 heteroatoms. The number of anilines is 1. The predicted octanol–water partition coefficient (Wildman–Crippen LogP) is 2.67. The summed E-state index contributed by atoms with van der Waals surface area (Å²) in [6, 6.07) is 5.77. The van der Waals surface area contributed by atoms with Crippen molar-refractivity contribution >= 4 is 17.0 Å². The van der Waals surface area contributed by atoms with Gasteiger partial charge in [0.25, 0.3) is 0 Å². The van der Waals surface area contributed by atoms with E-state index < -0.39 is 0 Å². The highest BCUT2D eigenvalue weighted by molar-refractivity contribution is 7.09. The molecule has 0 bridgehead atoms. The van der Waals surface area contributed by atoms with Crippen molar-refractivity contribution in [1.29, 1.82) is 0 Å². The standard InChI is InChI=1S/C14H19N3OS/c1-10-16-13(9-19-10)8-17(2)7-11-4-5-12(15)6-14(11)18-3/h4-6,9H,7-8,15H2,1-3H3. The highest BCUT2D eigenvalue weighted by Crippen LogP contribution is 2.23. The summed E-state index contributed by atoms with van der Waals surface area (Å²) in [4.78, 5) is 6.69. The molecule has 0 radical (unpaired) electrons. The van der Waals surface area contributed by atoms with Gasteiger partial charge in [-0.15, -0.1) is 11.3 Å². The number of methoxy groups -OCH3 is 1. The van der Waals surface area contributed by atoms with Crippen LogP contribution in [0.2, 0.25) is 0 Å². The van der Waals surface area contributed by atoms with Crippen molar-refractivity contribution in [2.24, 2.45) is 0 Å². The van der Waals surface area contributed by atoms with Crippen LogP contribution < -0.4 is 10.5 Å². The van der Waals surface area contributed by atoms with Gasteiger partial charge in [-0.3, -0.25) is 4.90 Å². The number of ether oxygens (including phenoxy) is 1. The van der Waals surface area contributed by atoms with Crippen LogP contribution in [0.25, 0.3) is 0 Å². The fourth-order valence-corrected chi connectivity index (χ4v) is 2.60. The van der Waals surface area contributed by atoms with Crippen molar-refractivity contribution in [1.82, 2.24) is 9.88 Å². The summed E-state index contributed by atoms with van der Waals surface area (Å²) < 4.78 is 5.36. The van der Waals surface area contributed by atoms with Gasteiger partial charge in [-0.25, -0.2) is 4.98 Å². The molecule has 2 rings (SSSR count). The molecule has 0 saturated carbocycles. The number of nitrogen functional groups attached to an aromatic ring is 1. The molecule has 1 aromatic carbocycles. The lowest BCUT2D eigenvalue weighted by atomic mass is 10.1. The molecule has 0 spiro atoms. The zero-order valence-corrected chi connectivity index (χ0v) is 12.3. The lowest BCUT2D eigenvalue weighted by Crippen LogP contribution is -2.18. The summed E-state index contributed by atoms with van der Waals surface area (Å²) >= 11 is 1.68. The molecule has 0 aliphatic rings. The van der Waals surface area contributed by atoms with Crippen molar-refractivity contribution in [3.8, 4) is 5.75 Å². The van der Waals surface area contributed by atoms with E-state index in [1.165, 1.54) is 0 Å². The van der Waals surface area contributed by atoms with Crippen LogP contribution in [0, 0.1) is 6.92 Å². The van der Waals surface area contributed by atoms with E-state index in [9.17, 15) is 0 Å². The van der Waals surface area contributed by atoms with Gasteiger partial charge in [0, 0.05) is 35.8 Å². The minimum atomic E-state index is 0.721. The van der Waals surface area contributed by atoms with E-state index >= 15 is 0 Å². The Bertz CT molecular complexity index is 553. The maximum absolute atomic E-state index is 5.76. The molecular formula is C14H19N3OS. The third kappa shape index (κ3) is 3.68. The molecule has 1 aromatic heterocycles. The van der Waals surface area contributed by atoms with E-state index in [1.807, 2.05) is 25.1 Å². The highest BCUT2D eigenvalue weighted by Gasteiger charge is 2.08. The number of benzene rings is 1. The Balaban J connectivity index is 2.04. The highest BCUT2D eigenvalue weighted by atomic mass is 32.1. The summed E-state index contributed by atoms with van der Waals surface area (Å²) in [5, 5.41) is 3.21. The van der Waals surface area contributed by atoms with E-state index in [4.69, 9.17) is 10.5 Å². The van der Waals surface area contributed by atoms with Gasteiger partial charge in [0.1, 0.15) is 5.75 Å². The first kappa shape index (κ1) is 13.8. The Morgan fingerprint density at radius 1 is 1.37 bits per heavy atom. The molecule has 0 saturated heterocycles. The second-order valence-electron chi connectivity index (χ2n) is 4.60. The number of aromatic nitrogens is 1. The molecule has 19 heavy (non-hydrogen) atoms. The summed E-state index contributed by atoms with van der Waals surface area (Å²) in [5.74, 6) is 0.835. The monoisotopic (exact) mass is 277 g/mol. The number of hydrogen-bond donors (Lipinski definition) is 1. The molecule has 0 aliphatic heterocycles. The summed E-state index contributed by atoms with van der Waals surface area (Å²) in [5.41, 5.74) is 8.72. The van der Waals surface area contributed by atoms with Gasteiger partial charge in [-0.05, 0) is 20.0 Å². The van der Waals surface area contributed by atoms with Crippen molar-refractivity contribution in [3.63, 3.8) is 0 Å². The number of aryl methyl sites for hydroxylation is 1. The smallest absolute Gasteiger partial charge is 0.125 e. The summed E-state index contributed by atoms with van der Waals surface area (Å²) in [6.07, 6.45) is 0. The predicted molar refractivity (Wildman–Crippen MR) is 79.4 cm³/mol. The van der Waals surface area contributed by atoms with Gasteiger partial charge in [-0.2, -0.15) is 0 Å². The number of rotatable bonds is 5. The first-order valence-corrected chi connectivity index (χ1v) is 6.98. The number of hydrogen-bond acceptors (Lipinski definition) is 5. The molecule has 2 aromatic rings. The fraction of sp³-hybridized carbons (Fsp3) is 0.357. The Hall–Kier alpha value is -1.59. The van der Waals surface area contributed by atoms with Crippen LogP contribution in [0.1, 0.15) is 16.3 Å². The lowest BCUT2D eigenvalue weighted by molar-refractivity contribution is 0.307. The second kappa shape index (κ2) is 6.04. The first-order chi connectivity index (χ1) is 9.08. The van der Waals surface area contributed by atoms with Crippen molar-refractivity contribution in [3.05, 3.63) is 39.8 Å². The topological polar surface area (TPSA) is 51.4 Å². The Kier molecular flexibility index (Phi) is 4.39. The van der Waals surface area contributed by atoms with E-state index in [1.54, 1.807) is 18.4 Å². The minimum Gasteiger partial charge on any atom is -0.496 e. The lowest BCUT2D eigenvalue weighted by Gasteiger charge is -2.17. The molecule has 0 amide bonds. The molecule has 0 unspecified atom stereocenters. The van der Waals surface area contributed by atoms with Crippen LogP contribution in [-0.2, 0) is 13.1 Å². The summed E-state index contributed by atoms with van der Waals surface area (Å²) in [6.45, 7) is 3.66. The van der Waals surface area contributed by atoms with Gasteiger partial charge in [0.15, 0.2) is 0 Å². The molecular weight excluding hydrogens is 258 g/mol. The molecule has 102 valence electrons. The van der Waals surface area contributed by atoms with Gasteiger partial charge in [0.05, 0.1) is 17.8 Å². The van der Waals surface area contributed by atoms with Crippen LogP contribution in [0.15, 0.2) is 23.6 Å². The zero-order valence-electron chi connectivity index (χ0n) is 11.5. The van der Waals surface area contributed by atoms with Crippen LogP contribution >= 0.6 is 11.3 Å². The summed E-state index contributed by atoms with van der Waals surface area (Å²) in [7, 11) is 3.74. The van der Waals surface area contributed by atoms with Gasteiger partial charge >= 0.3 is 0 Å². The quantitative estimate of drug-likeness (QED) is 0.854. The third-order valence-electron chi connectivity index (χ3n) is 2.85. The third-order valence-corrected chi connectivity index (χ3v) is 3.67. The average molecular weight is 277 g/mol. The van der Waals surface area contributed by atoms with Gasteiger partial charge < -0.3 is 10.5 Å². The van der Waals surface area contributed by atoms with Gasteiger partial charge in [0.2, 0.25) is 0 Å². The zero-order chi connectivity index (χ0) is 13.8.